The Morgan fingerprint density at radius 2 is 2.16 bits per heavy atom. The molecule has 1 aliphatic heterocycles. The highest BCUT2D eigenvalue weighted by Crippen LogP contribution is 2.31. The van der Waals surface area contributed by atoms with Crippen LogP contribution in [0.5, 0.6) is 0 Å². The third-order valence-corrected chi connectivity index (χ3v) is 3.79. The van der Waals surface area contributed by atoms with Gasteiger partial charge in [0.05, 0.1) is 11.8 Å². The van der Waals surface area contributed by atoms with E-state index in [4.69, 9.17) is 4.42 Å². The van der Waals surface area contributed by atoms with E-state index in [1.165, 1.54) is 17.0 Å². The van der Waals surface area contributed by atoms with Crippen LogP contribution in [0.1, 0.15) is 5.56 Å². The van der Waals surface area contributed by atoms with Gasteiger partial charge in [-0.1, -0.05) is 18.2 Å². The van der Waals surface area contributed by atoms with Crippen molar-refractivity contribution in [2.24, 2.45) is 0 Å². The first-order valence-electron chi connectivity index (χ1n) is 6.27. The van der Waals surface area contributed by atoms with Crippen molar-refractivity contribution >= 4 is 16.8 Å². The summed E-state index contributed by atoms with van der Waals surface area (Å²) in [5, 5.41) is 0. The van der Waals surface area contributed by atoms with Gasteiger partial charge < -0.3 is 4.42 Å². The predicted molar refractivity (Wildman–Crippen MR) is 69.7 cm³/mol. The summed E-state index contributed by atoms with van der Waals surface area (Å²) < 4.78 is 10.3. The van der Waals surface area contributed by atoms with E-state index in [0.29, 0.717) is 0 Å². The first kappa shape index (κ1) is 9.33. The smallest absolute Gasteiger partial charge is 0.336 e. The van der Waals surface area contributed by atoms with Crippen molar-refractivity contribution in [2.75, 3.05) is 0 Å². The van der Waals surface area contributed by atoms with Gasteiger partial charge in [-0.3, -0.25) is 4.98 Å². The number of aromatic nitrogens is 3. The van der Waals surface area contributed by atoms with E-state index in [1.807, 2.05) is 6.07 Å². The van der Waals surface area contributed by atoms with Crippen LogP contribution in [-0.4, -0.2) is 9.38 Å². The number of benzene rings is 1. The molecule has 4 heteroatoms. The van der Waals surface area contributed by atoms with E-state index in [1.54, 1.807) is 12.4 Å². The molecule has 0 spiro atoms. The second-order valence-electron chi connectivity index (χ2n) is 4.86. The van der Waals surface area contributed by atoms with E-state index >= 15 is 0 Å². The first-order valence-corrected chi connectivity index (χ1v) is 6.27. The SMILES string of the molecule is c1ccc2c(c1)C[n+]1cc3oc4cnccc4n3c1-2. The molecule has 0 bridgehead atoms. The lowest BCUT2D eigenvalue weighted by Crippen LogP contribution is -2.29. The molecular weight excluding hydrogens is 238 g/mol. The minimum absolute atomic E-state index is 0.824. The maximum atomic E-state index is 5.84. The second-order valence-corrected chi connectivity index (χ2v) is 4.86. The molecule has 1 aliphatic rings. The zero-order chi connectivity index (χ0) is 12.4. The lowest BCUT2D eigenvalue weighted by atomic mass is 10.1. The first-order chi connectivity index (χ1) is 9.42. The summed E-state index contributed by atoms with van der Waals surface area (Å²) in [5.41, 5.74) is 5.39. The number of imidazole rings is 1. The molecule has 0 N–H and O–H groups in total. The van der Waals surface area contributed by atoms with Crippen LogP contribution in [0.25, 0.3) is 28.2 Å². The van der Waals surface area contributed by atoms with Gasteiger partial charge >= 0.3 is 5.71 Å². The van der Waals surface area contributed by atoms with Gasteiger partial charge in [0.1, 0.15) is 6.54 Å². The molecule has 4 aromatic rings. The zero-order valence-electron chi connectivity index (χ0n) is 10.1. The number of rotatable bonds is 0. The van der Waals surface area contributed by atoms with Gasteiger partial charge in [0.15, 0.2) is 17.3 Å². The Kier molecular flexibility index (Phi) is 1.49. The number of nitrogens with zero attached hydrogens (tertiary/aromatic N) is 3. The summed E-state index contributed by atoms with van der Waals surface area (Å²) in [6, 6.07) is 10.5. The summed E-state index contributed by atoms with van der Waals surface area (Å²) in [7, 11) is 0. The summed E-state index contributed by atoms with van der Waals surface area (Å²) in [6.07, 6.45) is 5.63. The lowest BCUT2D eigenvalue weighted by molar-refractivity contribution is -0.670. The number of fused-ring (bicyclic) bond motifs is 7. The highest BCUT2D eigenvalue weighted by atomic mass is 16.3. The molecule has 0 saturated carbocycles. The minimum atomic E-state index is 0.824. The molecular formula is C15H10N3O+. The fourth-order valence-electron chi connectivity index (χ4n) is 2.99. The highest BCUT2D eigenvalue weighted by Gasteiger charge is 2.32. The molecule has 0 fully saturated rings. The molecule has 5 rings (SSSR count). The van der Waals surface area contributed by atoms with Gasteiger partial charge in [0.2, 0.25) is 0 Å². The van der Waals surface area contributed by atoms with E-state index in [0.717, 1.165) is 23.4 Å². The predicted octanol–water partition coefficient (Wildman–Crippen LogP) is 2.40. The Bertz CT molecular complexity index is 949. The number of hydrogen-bond donors (Lipinski definition) is 0. The van der Waals surface area contributed by atoms with E-state index in [9.17, 15) is 0 Å². The van der Waals surface area contributed by atoms with Crippen LogP contribution in [0.4, 0.5) is 0 Å². The molecule has 1 aromatic carbocycles. The van der Waals surface area contributed by atoms with Crippen LogP contribution in [0.2, 0.25) is 0 Å². The average Bonchev–Trinajstić information content (AvgIpc) is 3.04. The van der Waals surface area contributed by atoms with Crippen molar-refractivity contribution in [2.45, 2.75) is 6.54 Å². The Labute approximate surface area is 108 Å². The van der Waals surface area contributed by atoms with Gasteiger partial charge in [-0.2, -0.15) is 4.40 Å². The fourth-order valence-corrected chi connectivity index (χ4v) is 2.99. The maximum absolute atomic E-state index is 5.84. The van der Waals surface area contributed by atoms with Crippen molar-refractivity contribution in [3.63, 3.8) is 0 Å². The van der Waals surface area contributed by atoms with E-state index in [-0.39, 0.29) is 0 Å². The van der Waals surface area contributed by atoms with Crippen LogP contribution < -0.4 is 4.57 Å². The van der Waals surface area contributed by atoms with Crippen LogP contribution in [0.15, 0.2) is 53.3 Å². The van der Waals surface area contributed by atoms with Crippen molar-refractivity contribution in [3.8, 4) is 11.4 Å². The lowest BCUT2D eigenvalue weighted by Gasteiger charge is -1.92. The Hall–Kier alpha value is -2.62. The second kappa shape index (κ2) is 3.03. The number of pyridine rings is 1. The molecule has 0 unspecified atom stereocenters. The third-order valence-electron chi connectivity index (χ3n) is 3.79. The van der Waals surface area contributed by atoms with Gasteiger partial charge in [-0.25, -0.2) is 4.57 Å². The Balaban J connectivity index is 2.00. The van der Waals surface area contributed by atoms with E-state index < -0.39 is 0 Å². The number of oxazole rings is 1. The topological polar surface area (TPSA) is 34.3 Å². The zero-order valence-corrected chi connectivity index (χ0v) is 10.1. The fraction of sp³-hybridized carbons (Fsp3) is 0.0667. The molecule has 0 atom stereocenters. The molecule has 0 radical (unpaired) electrons. The van der Waals surface area contributed by atoms with Crippen molar-refractivity contribution in [1.82, 2.24) is 9.38 Å². The van der Waals surface area contributed by atoms with Crippen LogP contribution >= 0.6 is 0 Å². The Morgan fingerprint density at radius 1 is 1.21 bits per heavy atom. The molecule has 90 valence electrons. The van der Waals surface area contributed by atoms with E-state index in [2.05, 4.69) is 44.4 Å². The summed E-state index contributed by atoms with van der Waals surface area (Å²) in [5.74, 6) is 1.19. The van der Waals surface area contributed by atoms with Gasteiger partial charge in [0, 0.05) is 17.8 Å². The normalized spacial score (nSPS) is 13.1. The molecule has 4 heterocycles. The standard InChI is InChI=1S/C15H10N3O/c1-2-4-11-10(3-1)8-17-9-14-18(15(11)17)12-5-6-16-7-13(12)19-14/h1-7,9H,8H2/q+1. The molecule has 3 aromatic heterocycles. The van der Waals surface area contributed by atoms with Crippen molar-refractivity contribution in [3.05, 3.63) is 54.5 Å². The van der Waals surface area contributed by atoms with Gasteiger partial charge in [-0.05, 0) is 6.07 Å². The third kappa shape index (κ3) is 1.04. The summed E-state index contributed by atoms with van der Waals surface area (Å²) in [6.45, 7) is 0.912. The highest BCUT2D eigenvalue weighted by molar-refractivity contribution is 5.79. The quantitative estimate of drug-likeness (QED) is 0.394. The van der Waals surface area contributed by atoms with Crippen LogP contribution in [0, 0.1) is 0 Å². The monoisotopic (exact) mass is 248 g/mol. The Morgan fingerprint density at radius 3 is 3.16 bits per heavy atom. The average molecular weight is 248 g/mol. The minimum Gasteiger partial charge on any atom is -0.414 e. The molecule has 0 saturated heterocycles. The summed E-state index contributed by atoms with van der Waals surface area (Å²) in [4.78, 5) is 4.11. The van der Waals surface area contributed by atoms with Crippen molar-refractivity contribution < 1.29 is 8.98 Å². The molecule has 4 nitrogen and oxygen atoms in total. The van der Waals surface area contributed by atoms with Crippen molar-refractivity contribution in [1.29, 1.82) is 0 Å². The van der Waals surface area contributed by atoms with Crippen LogP contribution in [-0.2, 0) is 6.54 Å². The summed E-state index contributed by atoms with van der Waals surface area (Å²) >= 11 is 0. The van der Waals surface area contributed by atoms with Crippen LogP contribution in [0.3, 0.4) is 0 Å². The molecule has 19 heavy (non-hydrogen) atoms. The molecule has 0 amide bonds. The maximum Gasteiger partial charge on any atom is 0.336 e. The number of hydrogen-bond acceptors (Lipinski definition) is 2. The van der Waals surface area contributed by atoms with Gasteiger partial charge in [-0.15, -0.1) is 0 Å². The largest absolute Gasteiger partial charge is 0.414 e. The van der Waals surface area contributed by atoms with Gasteiger partial charge in [0.25, 0.3) is 5.82 Å². The molecule has 0 aliphatic carbocycles.